The van der Waals surface area contributed by atoms with E-state index in [9.17, 15) is 4.79 Å². The second-order valence-corrected chi connectivity index (χ2v) is 6.56. The standard InChI is InChI=1S/C18H26N2O2/c1-14-9-11-20(12-10-14)16-7-5-15(6-8-16)19-18(21)17-4-2-3-13-22-17/h5-8,14,17H,2-4,9-13H2,1H3,(H,19,21). The van der Waals surface area contributed by atoms with Crippen LogP contribution in [-0.4, -0.2) is 31.7 Å². The van der Waals surface area contributed by atoms with Crippen molar-refractivity contribution in [2.45, 2.75) is 45.1 Å². The summed E-state index contributed by atoms with van der Waals surface area (Å²) < 4.78 is 5.52. The first-order valence-corrected chi connectivity index (χ1v) is 8.50. The van der Waals surface area contributed by atoms with E-state index >= 15 is 0 Å². The molecule has 1 atom stereocenters. The molecule has 1 N–H and O–H groups in total. The molecule has 2 saturated heterocycles. The first-order chi connectivity index (χ1) is 10.7. The fraction of sp³-hybridized carbons (Fsp3) is 0.611. The average Bonchev–Trinajstić information content (AvgIpc) is 2.57. The fourth-order valence-electron chi connectivity index (χ4n) is 3.19. The highest BCUT2D eigenvalue weighted by atomic mass is 16.5. The molecule has 2 aliphatic heterocycles. The number of piperidine rings is 1. The van der Waals surface area contributed by atoms with Gasteiger partial charge in [0, 0.05) is 31.1 Å². The van der Waals surface area contributed by atoms with Gasteiger partial charge in [-0.05, 0) is 62.3 Å². The molecule has 0 saturated carbocycles. The Morgan fingerprint density at radius 1 is 1.14 bits per heavy atom. The minimum atomic E-state index is -0.281. The highest BCUT2D eigenvalue weighted by Crippen LogP contribution is 2.24. The van der Waals surface area contributed by atoms with Crippen LogP contribution in [0.1, 0.15) is 39.0 Å². The number of ether oxygens (including phenoxy) is 1. The van der Waals surface area contributed by atoms with Crippen molar-refractivity contribution in [3.8, 4) is 0 Å². The highest BCUT2D eigenvalue weighted by molar-refractivity contribution is 5.94. The number of amides is 1. The topological polar surface area (TPSA) is 41.6 Å². The molecule has 1 amide bonds. The minimum absolute atomic E-state index is 0.0146. The zero-order chi connectivity index (χ0) is 15.4. The number of nitrogens with zero attached hydrogens (tertiary/aromatic N) is 1. The van der Waals surface area contributed by atoms with E-state index in [1.54, 1.807) is 0 Å². The normalized spacial score (nSPS) is 23.3. The summed E-state index contributed by atoms with van der Waals surface area (Å²) in [5.74, 6) is 0.824. The van der Waals surface area contributed by atoms with Crippen LogP contribution in [-0.2, 0) is 9.53 Å². The van der Waals surface area contributed by atoms with E-state index in [-0.39, 0.29) is 12.0 Å². The number of rotatable bonds is 3. The SMILES string of the molecule is CC1CCN(c2ccc(NC(=O)C3CCCCO3)cc2)CC1. The second-order valence-electron chi connectivity index (χ2n) is 6.56. The summed E-state index contributed by atoms with van der Waals surface area (Å²) in [5.41, 5.74) is 2.10. The van der Waals surface area contributed by atoms with Gasteiger partial charge in [0.05, 0.1) is 0 Å². The molecule has 0 aliphatic carbocycles. The summed E-state index contributed by atoms with van der Waals surface area (Å²) in [7, 11) is 0. The van der Waals surface area contributed by atoms with Gasteiger partial charge in [0.2, 0.25) is 0 Å². The van der Waals surface area contributed by atoms with Crippen LogP contribution in [0.4, 0.5) is 11.4 Å². The zero-order valence-corrected chi connectivity index (χ0v) is 13.4. The van der Waals surface area contributed by atoms with Crippen molar-refractivity contribution in [2.75, 3.05) is 29.9 Å². The van der Waals surface area contributed by atoms with E-state index in [2.05, 4.69) is 29.3 Å². The lowest BCUT2D eigenvalue weighted by Crippen LogP contribution is -2.33. The van der Waals surface area contributed by atoms with E-state index < -0.39 is 0 Å². The lowest BCUT2D eigenvalue weighted by Gasteiger charge is -2.32. The molecule has 4 heteroatoms. The summed E-state index contributed by atoms with van der Waals surface area (Å²) in [6.45, 7) is 5.28. The second kappa shape index (κ2) is 7.14. The predicted octanol–water partition coefficient (Wildman–Crippen LogP) is 3.43. The lowest BCUT2D eigenvalue weighted by molar-refractivity contribution is -0.129. The van der Waals surface area contributed by atoms with Crippen LogP contribution in [0.15, 0.2) is 24.3 Å². The first kappa shape index (κ1) is 15.3. The number of carbonyl (C=O) groups excluding carboxylic acids is 1. The van der Waals surface area contributed by atoms with Gasteiger partial charge < -0.3 is 15.0 Å². The van der Waals surface area contributed by atoms with Gasteiger partial charge in [0.1, 0.15) is 6.10 Å². The summed E-state index contributed by atoms with van der Waals surface area (Å²) >= 11 is 0. The van der Waals surface area contributed by atoms with E-state index in [1.807, 2.05) is 12.1 Å². The van der Waals surface area contributed by atoms with E-state index in [1.165, 1.54) is 18.5 Å². The quantitative estimate of drug-likeness (QED) is 0.930. The monoisotopic (exact) mass is 302 g/mol. The number of benzene rings is 1. The van der Waals surface area contributed by atoms with Gasteiger partial charge in [-0.25, -0.2) is 0 Å². The fourth-order valence-corrected chi connectivity index (χ4v) is 3.19. The molecule has 0 aromatic heterocycles. The highest BCUT2D eigenvalue weighted by Gasteiger charge is 2.22. The molecule has 2 aliphatic rings. The van der Waals surface area contributed by atoms with Crippen molar-refractivity contribution in [3.63, 3.8) is 0 Å². The molecule has 1 unspecified atom stereocenters. The third-order valence-corrected chi connectivity index (χ3v) is 4.76. The number of carbonyl (C=O) groups is 1. The van der Waals surface area contributed by atoms with Crippen LogP contribution in [0, 0.1) is 5.92 Å². The van der Waals surface area contributed by atoms with Crippen LogP contribution < -0.4 is 10.2 Å². The summed E-state index contributed by atoms with van der Waals surface area (Å²) in [4.78, 5) is 14.6. The number of hydrogen-bond donors (Lipinski definition) is 1. The van der Waals surface area contributed by atoms with Crippen molar-refractivity contribution in [3.05, 3.63) is 24.3 Å². The zero-order valence-electron chi connectivity index (χ0n) is 13.4. The van der Waals surface area contributed by atoms with Crippen LogP contribution in [0.3, 0.4) is 0 Å². The number of nitrogens with one attached hydrogen (secondary N) is 1. The molecule has 0 bridgehead atoms. The van der Waals surface area contributed by atoms with Gasteiger partial charge in [-0.3, -0.25) is 4.79 Å². The van der Waals surface area contributed by atoms with Crippen molar-refractivity contribution < 1.29 is 9.53 Å². The van der Waals surface area contributed by atoms with Gasteiger partial charge in [-0.15, -0.1) is 0 Å². The van der Waals surface area contributed by atoms with Crippen LogP contribution in [0.25, 0.3) is 0 Å². The lowest BCUT2D eigenvalue weighted by atomic mass is 9.99. The van der Waals surface area contributed by atoms with Crippen LogP contribution >= 0.6 is 0 Å². The Morgan fingerprint density at radius 2 is 1.86 bits per heavy atom. The molecular formula is C18H26N2O2. The molecule has 120 valence electrons. The van der Waals surface area contributed by atoms with E-state index in [4.69, 9.17) is 4.74 Å². The maximum atomic E-state index is 12.1. The van der Waals surface area contributed by atoms with Crippen LogP contribution in [0.2, 0.25) is 0 Å². The molecule has 2 fully saturated rings. The Balaban J connectivity index is 1.56. The molecule has 22 heavy (non-hydrogen) atoms. The predicted molar refractivity (Wildman–Crippen MR) is 89.3 cm³/mol. The van der Waals surface area contributed by atoms with Gasteiger partial charge in [-0.2, -0.15) is 0 Å². The summed E-state index contributed by atoms with van der Waals surface area (Å²) in [6, 6.07) is 8.20. The molecule has 2 heterocycles. The van der Waals surface area contributed by atoms with E-state index in [0.29, 0.717) is 6.61 Å². The molecule has 0 spiro atoms. The summed E-state index contributed by atoms with van der Waals surface area (Å²) in [6.07, 6.45) is 5.21. The first-order valence-electron chi connectivity index (χ1n) is 8.50. The van der Waals surface area contributed by atoms with Crippen LogP contribution in [0.5, 0.6) is 0 Å². The van der Waals surface area contributed by atoms with Crippen molar-refractivity contribution in [1.82, 2.24) is 0 Å². The average molecular weight is 302 g/mol. The Kier molecular flexibility index (Phi) is 4.98. The largest absolute Gasteiger partial charge is 0.372 e. The number of hydrogen-bond acceptors (Lipinski definition) is 3. The van der Waals surface area contributed by atoms with Crippen molar-refractivity contribution in [2.24, 2.45) is 5.92 Å². The van der Waals surface area contributed by atoms with Gasteiger partial charge in [0.25, 0.3) is 5.91 Å². The van der Waals surface area contributed by atoms with Gasteiger partial charge in [0.15, 0.2) is 0 Å². The molecular weight excluding hydrogens is 276 g/mol. The Bertz CT molecular complexity index is 486. The summed E-state index contributed by atoms with van der Waals surface area (Å²) in [5, 5.41) is 2.97. The molecule has 3 rings (SSSR count). The third kappa shape index (κ3) is 3.80. The maximum absolute atomic E-state index is 12.1. The Hall–Kier alpha value is -1.55. The Morgan fingerprint density at radius 3 is 2.50 bits per heavy atom. The smallest absolute Gasteiger partial charge is 0.253 e. The molecule has 4 nitrogen and oxygen atoms in total. The van der Waals surface area contributed by atoms with Gasteiger partial charge in [-0.1, -0.05) is 6.92 Å². The van der Waals surface area contributed by atoms with Gasteiger partial charge >= 0.3 is 0 Å². The number of anilines is 2. The molecule has 1 aromatic rings. The molecule has 0 radical (unpaired) electrons. The minimum Gasteiger partial charge on any atom is -0.372 e. The van der Waals surface area contributed by atoms with Crippen molar-refractivity contribution >= 4 is 17.3 Å². The maximum Gasteiger partial charge on any atom is 0.253 e. The van der Waals surface area contributed by atoms with Crippen molar-refractivity contribution in [1.29, 1.82) is 0 Å². The molecule has 1 aromatic carbocycles. The Labute approximate surface area is 132 Å². The third-order valence-electron chi connectivity index (χ3n) is 4.76. The van der Waals surface area contributed by atoms with E-state index in [0.717, 1.165) is 44.0 Å².